The minimum absolute atomic E-state index is 0.0147. The molecule has 0 unspecified atom stereocenters. The highest BCUT2D eigenvalue weighted by atomic mass is 16.1. The van der Waals surface area contributed by atoms with Gasteiger partial charge in [-0.3, -0.25) is 4.79 Å². The van der Waals surface area contributed by atoms with Gasteiger partial charge in [0.2, 0.25) is 5.91 Å². The summed E-state index contributed by atoms with van der Waals surface area (Å²) < 4.78 is 1.85. The molecule has 0 saturated heterocycles. The molecule has 24 heavy (non-hydrogen) atoms. The zero-order valence-corrected chi connectivity index (χ0v) is 14.6. The Kier molecular flexibility index (Phi) is 4.49. The second-order valence-electron chi connectivity index (χ2n) is 6.34. The van der Waals surface area contributed by atoms with E-state index >= 15 is 0 Å². The average molecular weight is 325 g/mol. The fourth-order valence-corrected chi connectivity index (χ4v) is 2.87. The van der Waals surface area contributed by atoms with E-state index in [0.717, 1.165) is 40.0 Å². The molecule has 0 atom stereocenters. The summed E-state index contributed by atoms with van der Waals surface area (Å²) in [6.45, 7) is 5.42. The second-order valence-corrected chi connectivity index (χ2v) is 6.34. The minimum atomic E-state index is 0.0147. The number of benzene rings is 1. The van der Waals surface area contributed by atoms with E-state index in [1.165, 1.54) is 0 Å². The van der Waals surface area contributed by atoms with Gasteiger partial charge in [0.25, 0.3) is 0 Å². The number of nitrogens with one attached hydrogen (secondary N) is 1. The van der Waals surface area contributed by atoms with Crippen LogP contribution in [0.4, 0.5) is 0 Å². The molecule has 0 fully saturated rings. The van der Waals surface area contributed by atoms with Crippen molar-refractivity contribution < 1.29 is 4.79 Å². The molecular weight excluding hydrogens is 302 g/mol. The Morgan fingerprint density at radius 3 is 2.75 bits per heavy atom. The molecule has 0 radical (unpaired) electrons. The largest absolute Gasteiger partial charge is 0.355 e. The number of amides is 1. The van der Waals surface area contributed by atoms with Crippen LogP contribution in [0, 0.1) is 13.8 Å². The number of aromatic nitrogens is 3. The summed E-state index contributed by atoms with van der Waals surface area (Å²) in [7, 11) is 3.97. The lowest BCUT2D eigenvalue weighted by Gasteiger charge is -2.13. The number of likely N-dealkylation sites (N-methyl/N-ethyl adjacent to an activating group) is 1. The Hall–Kier alpha value is -2.47. The summed E-state index contributed by atoms with van der Waals surface area (Å²) in [5, 5.41) is 8.61. The molecule has 6 heteroatoms. The highest BCUT2D eigenvalue weighted by molar-refractivity contribution is 5.92. The fraction of sp³-hybridized carbons (Fsp3) is 0.389. The quantitative estimate of drug-likeness (QED) is 0.776. The number of aryl methyl sites for hydroxylation is 2. The van der Waals surface area contributed by atoms with Crippen molar-refractivity contribution in [3.8, 4) is 0 Å². The summed E-state index contributed by atoms with van der Waals surface area (Å²) >= 11 is 0. The van der Waals surface area contributed by atoms with Gasteiger partial charge >= 0.3 is 0 Å². The molecule has 2 heterocycles. The van der Waals surface area contributed by atoms with Gasteiger partial charge < -0.3 is 10.2 Å². The summed E-state index contributed by atoms with van der Waals surface area (Å²) in [5.74, 6) is 0.0147. The molecule has 1 aromatic carbocycles. The minimum Gasteiger partial charge on any atom is -0.355 e. The first-order chi connectivity index (χ1) is 11.5. The van der Waals surface area contributed by atoms with E-state index in [0.29, 0.717) is 13.0 Å². The van der Waals surface area contributed by atoms with E-state index in [2.05, 4.69) is 10.4 Å². The number of rotatable bonds is 5. The molecule has 0 aliphatic heterocycles. The first kappa shape index (κ1) is 16.4. The monoisotopic (exact) mass is 325 g/mol. The van der Waals surface area contributed by atoms with Crippen LogP contribution in [0.3, 0.4) is 0 Å². The predicted molar refractivity (Wildman–Crippen MR) is 95.2 cm³/mol. The van der Waals surface area contributed by atoms with E-state index in [4.69, 9.17) is 4.98 Å². The van der Waals surface area contributed by atoms with Crippen LogP contribution in [0.1, 0.15) is 17.0 Å². The van der Waals surface area contributed by atoms with Crippen molar-refractivity contribution in [1.29, 1.82) is 0 Å². The third-order valence-electron chi connectivity index (χ3n) is 4.24. The third-order valence-corrected chi connectivity index (χ3v) is 4.24. The van der Waals surface area contributed by atoms with Gasteiger partial charge in [-0.2, -0.15) is 5.10 Å². The Bertz CT molecular complexity index is 897. The second kappa shape index (κ2) is 6.57. The number of carbonyl (C=O) groups excluding carboxylic acids is 1. The molecule has 126 valence electrons. The van der Waals surface area contributed by atoms with Crippen molar-refractivity contribution in [3.05, 3.63) is 41.2 Å². The number of hydrogen-bond donors (Lipinski definition) is 1. The lowest BCUT2D eigenvalue weighted by Crippen LogP contribution is -2.32. The maximum absolute atomic E-state index is 12.2. The maximum Gasteiger partial charge on any atom is 0.224 e. The van der Waals surface area contributed by atoms with E-state index < -0.39 is 0 Å². The smallest absolute Gasteiger partial charge is 0.224 e. The number of nitrogens with zero attached hydrogens (tertiary/aromatic N) is 4. The van der Waals surface area contributed by atoms with Crippen LogP contribution in [0.2, 0.25) is 0 Å². The molecule has 0 bridgehead atoms. The number of carbonyl (C=O) groups is 1. The molecule has 0 saturated carbocycles. The van der Waals surface area contributed by atoms with Crippen molar-refractivity contribution in [3.63, 3.8) is 0 Å². The average Bonchev–Trinajstić information content (AvgIpc) is 2.90. The molecule has 6 nitrogen and oxygen atoms in total. The van der Waals surface area contributed by atoms with Gasteiger partial charge in [-0.05, 0) is 40.1 Å². The van der Waals surface area contributed by atoms with Crippen LogP contribution >= 0.6 is 0 Å². The molecule has 0 aliphatic carbocycles. The van der Waals surface area contributed by atoms with Gasteiger partial charge in [0, 0.05) is 35.4 Å². The fourth-order valence-electron chi connectivity index (χ4n) is 2.87. The highest BCUT2D eigenvalue weighted by Gasteiger charge is 2.16. The zero-order valence-electron chi connectivity index (χ0n) is 14.6. The van der Waals surface area contributed by atoms with Crippen molar-refractivity contribution in [2.75, 3.05) is 27.2 Å². The van der Waals surface area contributed by atoms with Gasteiger partial charge in [0.1, 0.15) is 0 Å². The van der Waals surface area contributed by atoms with Gasteiger partial charge in [-0.1, -0.05) is 12.1 Å². The lowest BCUT2D eigenvalue weighted by molar-refractivity contribution is -0.120. The number of fused-ring (bicyclic) bond motifs is 3. The standard InChI is InChI=1S/C18H23N5O/c1-12-15(11-17(24)19-9-10-22(3)4)13(2)23-18(20-12)14-7-5-6-8-16(14)21-23/h5-8H,9-11H2,1-4H3,(H,19,24). The molecule has 1 N–H and O–H groups in total. The van der Waals surface area contributed by atoms with Crippen LogP contribution in [-0.4, -0.2) is 52.6 Å². The van der Waals surface area contributed by atoms with Crippen LogP contribution in [0.25, 0.3) is 16.6 Å². The maximum atomic E-state index is 12.2. The lowest BCUT2D eigenvalue weighted by atomic mass is 10.1. The Labute approximate surface area is 141 Å². The van der Waals surface area contributed by atoms with Crippen molar-refractivity contribution in [2.45, 2.75) is 20.3 Å². The van der Waals surface area contributed by atoms with Crippen LogP contribution in [0.15, 0.2) is 24.3 Å². The first-order valence-electron chi connectivity index (χ1n) is 8.12. The van der Waals surface area contributed by atoms with Gasteiger partial charge in [0.05, 0.1) is 11.9 Å². The van der Waals surface area contributed by atoms with E-state index in [1.807, 2.05) is 61.6 Å². The molecule has 1 amide bonds. The molecule has 3 rings (SSSR count). The Morgan fingerprint density at radius 2 is 2.00 bits per heavy atom. The topological polar surface area (TPSA) is 62.5 Å². The van der Waals surface area contributed by atoms with Crippen LogP contribution in [-0.2, 0) is 11.2 Å². The first-order valence-corrected chi connectivity index (χ1v) is 8.12. The van der Waals surface area contributed by atoms with Crippen molar-refractivity contribution in [1.82, 2.24) is 24.8 Å². The normalized spacial score (nSPS) is 11.5. The van der Waals surface area contributed by atoms with Gasteiger partial charge in [-0.25, -0.2) is 9.50 Å². The summed E-state index contributed by atoms with van der Waals surface area (Å²) in [6.07, 6.45) is 0.324. The van der Waals surface area contributed by atoms with Crippen molar-refractivity contribution in [2.24, 2.45) is 0 Å². The molecule has 2 aromatic heterocycles. The molecular formula is C18H23N5O. The zero-order chi connectivity index (χ0) is 17.3. The predicted octanol–water partition coefficient (Wildman–Crippen LogP) is 1.72. The van der Waals surface area contributed by atoms with Crippen LogP contribution in [0.5, 0.6) is 0 Å². The highest BCUT2D eigenvalue weighted by Crippen LogP contribution is 2.22. The summed E-state index contributed by atoms with van der Waals surface area (Å²) in [5.41, 5.74) is 4.56. The van der Waals surface area contributed by atoms with Gasteiger partial charge in [-0.15, -0.1) is 0 Å². The van der Waals surface area contributed by atoms with E-state index in [1.54, 1.807) is 0 Å². The Morgan fingerprint density at radius 1 is 1.25 bits per heavy atom. The summed E-state index contributed by atoms with van der Waals surface area (Å²) in [4.78, 5) is 19.0. The molecule has 3 aromatic rings. The third kappa shape index (κ3) is 3.10. The van der Waals surface area contributed by atoms with E-state index in [-0.39, 0.29) is 5.91 Å². The van der Waals surface area contributed by atoms with E-state index in [9.17, 15) is 4.79 Å². The van der Waals surface area contributed by atoms with Gasteiger partial charge in [0.15, 0.2) is 5.65 Å². The summed E-state index contributed by atoms with van der Waals surface area (Å²) in [6, 6.07) is 7.96. The van der Waals surface area contributed by atoms with Crippen LogP contribution < -0.4 is 5.32 Å². The molecule has 0 aliphatic rings. The van der Waals surface area contributed by atoms with Crippen molar-refractivity contribution >= 4 is 22.5 Å². The SMILES string of the molecule is Cc1nc2c3ccccc3nn2c(C)c1CC(=O)NCCN(C)C. The number of hydrogen-bond acceptors (Lipinski definition) is 4. The molecule has 0 spiro atoms. The Balaban J connectivity index is 1.91.